The van der Waals surface area contributed by atoms with Crippen molar-refractivity contribution in [2.24, 2.45) is 0 Å². The Labute approximate surface area is 157 Å². The number of aromatic nitrogens is 1. The van der Waals surface area contributed by atoms with Crippen molar-refractivity contribution >= 4 is 44.8 Å². The quantitative estimate of drug-likeness (QED) is 0.715. The molecular weight excluding hydrogens is 348 g/mol. The summed E-state index contributed by atoms with van der Waals surface area (Å²) in [7, 11) is 0. The van der Waals surface area contributed by atoms with Crippen LogP contribution in [0.1, 0.15) is 5.56 Å². The van der Waals surface area contributed by atoms with E-state index in [2.05, 4.69) is 68.0 Å². The molecule has 1 aliphatic rings. The molecule has 2 heterocycles. The molecule has 0 amide bonds. The molecule has 0 atom stereocenters. The minimum Gasteiger partial charge on any atom is -0.358 e. The number of anilines is 1. The molecule has 0 unspecified atom stereocenters. The predicted octanol–water partition coefficient (Wildman–Crippen LogP) is 3.49. The van der Waals surface area contributed by atoms with Gasteiger partial charge in [0.05, 0.1) is 4.70 Å². The van der Waals surface area contributed by atoms with E-state index in [-0.39, 0.29) is 0 Å². The van der Waals surface area contributed by atoms with Crippen LogP contribution in [-0.4, -0.2) is 40.6 Å². The Balaban J connectivity index is 1.34. The highest BCUT2D eigenvalue weighted by molar-refractivity contribution is 7.80. The van der Waals surface area contributed by atoms with Crippen molar-refractivity contribution in [1.82, 2.24) is 14.6 Å². The lowest BCUT2D eigenvalue weighted by Gasteiger charge is -2.36. The fourth-order valence-electron chi connectivity index (χ4n) is 3.11. The lowest BCUT2D eigenvalue weighted by molar-refractivity contribution is 0.379. The summed E-state index contributed by atoms with van der Waals surface area (Å²) < 4.78 is 5.92. The van der Waals surface area contributed by atoms with Gasteiger partial charge in [-0.05, 0) is 41.4 Å². The molecule has 3 aromatic rings. The first-order chi connectivity index (χ1) is 12.3. The van der Waals surface area contributed by atoms with E-state index in [1.54, 1.807) is 11.5 Å². The van der Waals surface area contributed by atoms with E-state index < -0.39 is 0 Å². The van der Waals surface area contributed by atoms with E-state index in [9.17, 15) is 0 Å². The first-order valence-electron chi connectivity index (χ1n) is 8.47. The summed E-state index contributed by atoms with van der Waals surface area (Å²) >= 11 is 7.15. The van der Waals surface area contributed by atoms with E-state index >= 15 is 0 Å². The molecule has 1 aliphatic heterocycles. The van der Waals surface area contributed by atoms with Crippen LogP contribution in [0, 0.1) is 0 Å². The minimum atomic E-state index is 0.774. The van der Waals surface area contributed by atoms with Crippen molar-refractivity contribution in [3.8, 4) is 0 Å². The van der Waals surface area contributed by atoms with Gasteiger partial charge in [-0.3, -0.25) is 0 Å². The van der Waals surface area contributed by atoms with Crippen molar-refractivity contribution in [3.05, 3.63) is 60.2 Å². The molecule has 1 fully saturated rings. The lowest BCUT2D eigenvalue weighted by Crippen LogP contribution is -2.51. The SMILES string of the molecule is S=C(NCc1ccccc1)N1CCN(c2nsc3ccccc23)CC1. The average Bonchev–Trinajstić information content (AvgIpc) is 3.11. The maximum atomic E-state index is 5.57. The van der Waals surface area contributed by atoms with E-state index in [1.165, 1.54) is 15.6 Å². The summed E-state index contributed by atoms with van der Waals surface area (Å²) in [6, 6.07) is 18.8. The van der Waals surface area contributed by atoms with Gasteiger partial charge in [-0.25, -0.2) is 0 Å². The molecule has 0 radical (unpaired) electrons. The molecule has 0 bridgehead atoms. The van der Waals surface area contributed by atoms with Crippen LogP contribution in [0.4, 0.5) is 5.82 Å². The second kappa shape index (κ2) is 7.37. The molecular formula is C19H20N4S2. The molecule has 0 saturated carbocycles. The molecule has 1 aromatic heterocycles. The van der Waals surface area contributed by atoms with E-state index in [0.29, 0.717) is 0 Å². The Morgan fingerprint density at radius 3 is 2.52 bits per heavy atom. The van der Waals surface area contributed by atoms with E-state index in [1.807, 2.05) is 6.07 Å². The Kier molecular flexibility index (Phi) is 4.81. The van der Waals surface area contributed by atoms with Crippen molar-refractivity contribution in [2.75, 3.05) is 31.1 Å². The van der Waals surface area contributed by atoms with Gasteiger partial charge in [-0.1, -0.05) is 42.5 Å². The summed E-state index contributed by atoms with van der Waals surface area (Å²) in [6.45, 7) is 4.51. The van der Waals surface area contributed by atoms with Gasteiger partial charge in [0.2, 0.25) is 0 Å². The number of fused-ring (bicyclic) bond motifs is 1. The Hall–Kier alpha value is -2.18. The minimum absolute atomic E-state index is 0.774. The average molecular weight is 369 g/mol. The smallest absolute Gasteiger partial charge is 0.169 e. The largest absolute Gasteiger partial charge is 0.358 e. The normalized spacial score (nSPS) is 14.7. The lowest BCUT2D eigenvalue weighted by atomic mass is 10.2. The molecule has 4 rings (SSSR count). The standard InChI is InChI=1S/C19H20N4S2/c24-19(20-14-15-6-2-1-3-7-15)23-12-10-22(11-13-23)18-16-8-4-5-9-17(16)25-21-18/h1-9H,10-14H2,(H,20,24). The van der Waals surface area contributed by atoms with E-state index in [0.717, 1.165) is 43.7 Å². The van der Waals surface area contributed by atoms with Crippen molar-refractivity contribution in [1.29, 1.82) is 0 Å². The number of hydrogen-bond acceptors (Lipinski definition) is 4. The predicted molar refractivity (Wildman–Crippen MR) is 109 cm³/mol. The fraction of sp³-hybridized carbons (Fsp3) is 0.263. The Morgan fingerprint density at radius 2 is 1.72 bits per heavy atom. The zero-order valence-electron chi connectivity index (χ0n) is 13.9. The fourth-order valence-corrected chi connectivity index (χ4v) is 4.16. The van der Waals surface area contributed by atoms with Crippen LogP contribution in [0.25, 0.3) is 10.1 Å². The van der Waals surface area contributed by atoms with Crippen molar-refractivity contribution in [3.63, 3.8) is 0 Å². The molecule has 0 aliphatic carbocycles. The highest BCUT2D eigenvalue weighted by Crippen LogP contribution is 2.29. The zero-order chi connectivity index (χ0) is 17.1. The summed E-state index contributed by atoms with van der Waals surface area (Å²) in [4.78, 5) is 4.62. The van der Waals surface area contributed by atoms with Gasteiger partial charge in [0, 0.05) is 38.1 Å². The number of rotatable bonds is 3. The Morgan fingerprint density at radius 1 is 1.00 bits per heavy atom. The molecule has 0 spiro atoms. The van der Waals surface area contributed by atoms with Crippen LogP contribution in [0.2, 0.25) is 0 Å². The van der Waals surface area contributed by atoms with Crippen molar-refractivity contribution < 1.29 is 0 Å². The van der Waals surface area contributed by atoms with Gasteiger partial charge in [-0.15, -0.1) is 0 Å². The van der Waals surface area contributed by atoms with Crippen LogP contribution in [0.5, 0.6) is 0 Å². The third-order valence-electron chi connectivity index (χ3n) is 4.51. The molecule has 1 saturated heterocycles. The van der Waals surface area contributed by atoms with Gasteiger partial charge < -0.3 is 15.1 Å². The van der Waals surface area contributed by atoms with Crippen LogP contribution in [0.15, 0.2) is 54.6 Å². The molecule has 4 nitrogen and oxygen atoms in total. The van der Waals surface area contributed by atoms with Gasteiger partial charge in [0.15, 0.2) is 5.11 Å². The van der Waals surface area contributed by atoms with Crippen LogP contribution in [0.3, 0.4) is 0 Å². The molecule has 1 N–H and O–H groups in total. The van der Waals surface area contributed by atoms with Crippen LogP contribution in [-0.2, 0) is 6.54 Å². The summed E-state index contributed by atoms with van der Waals surface area (Å²) in [5, 5.41) is 5.47. The second-order valence-electron chi connectivity index (χ2n) is 6.12. The third-order valence-corrected chi connectivity index (χ3v) is 5.73. The van der Waals surface area contributed by atoms with Gasteiger partial charge >= 0.3 is 0 Å². The van der Waals surface area contributed by atoms with E-state index in [4.69, 9.17) is 12.2 Å². The van der Waals surface area contributed by atoms with Gasteiger partial charge in [0.25, 0.3) is 0 Å². The molecule has 25 heavy (non-hydrogen) atoms. The molecule has 6 heteroatoms. The number of thiocarbonyl (C=S) groups is 1. The highest BCUT2D eigenvalue weighted by atomic mass is 32.1. The zero-order valence-corrected chi connectivity index (χ0v) is 15.5. The first-order valence-corrected chi connectivity index (χ1v) is 9.65. The number of benzene rings is 2. The summed E-state index contributed by atoms with van der Waals surface area (Å²) in [6.07, 6.45) is 0. The first kappa shape index (κ1) is 16.3. The van der Waals surface area contributed by atoms with Gasteiger partial charge in [-0.2, -0.15) is 4.37 Å². The topological polar surface area (TPSA) is 31.4 Å². The Bertz CT molecular complexity index is 854. The van der Waals surface area contributed by atoms with Crippen LogP contribution < -0.4 is 10.2 Å². The molecule has 128 valence electrons. The number of piperazine rings is 1. The second-order valence-corrected chi connectivity index (χ2v) is 7.31. The third kappa shape index (κ3) is 3.60. The summed E-state index contributed by atoms with van der Waals surface area (Å²) in [5.41, 5.74) is 1.25. The number of nitrogens with one attached hydrogen (secondary N) is 1. The number of nitrogens with zero attached hydrogens (tertiary/aromatic N) is 3. The summed E-state index contributed by atoms with van der Waals surface area (Å²) in [5.74, 6) is 1.11. The van der Waals surface area contributed by atoms with Gasteiger partial charge in [0.1, 0.15) is 5.82 Å². The maximum absolute atomic E-state index is 5.57. The number of hydrogen-bond donors (Lipinski definition) is 1. The highest BCUT2D eigenvalue weighted by Gasteiger charge is 2.21. The molecule has 2 aromatic carbocycles. The monoisotopic (exact) mass is 368 g/mol. The van der Waals surface area contributed by atoms with Crippen LogP contribution >= 0.6 is 23.8 Å². The maximum Gasteiger partial charge on any atom is 0.169 e. The van der Waals surface area contributed by atoms with Crippen molar-refractivity contribution in [2.45, 2.75) is 6.54 Å².